The van der Waals surface area contributed by atoms with Gasteiger partial charge in [-0.2, -0.15) is 5.10 Å². The van der Waals surface area contributed by atoms with E-state index in [0.717, 1.165) is 31.5 Å². The Balaban J connectivity index is 1.79. The average molecular weight is 347 g/mol. The number of rotatable bonds is 4. The van der Waals surface area contributed by atoms with Crippen molar-refractivity contribution in [2.24, 2.45) is 12.5 Å². The lowest BCUT2D eigenvalue weighted by Crippen LogP contribution is -2.42. The number of hydrogen-bond donors (Lipinski definition) is 2. The lowest BCUT2D eigenvalue weighted by molar-refractivity contribution is 0.0923. The Morgan fingerprint density at radius 2 is 2.08 bits per heavy atom. The summed E-state index contributed by atoms with van der Waals surface area (Å²) in [4.78, 5) is 12.7. The molecule has 1 aromatic heterocycles. The summed E-state index contributed by atoms with van der Waals surface area (Å²) in [6.45, 7) is 4.91. The minimum atomic E-state index is -0.0993. The second-order valence-electron chi connectivity index (χ2n) is 6.79. The van der Waals surface area contributed by atoms with Crippen LogP contribution in [0.5, 0.6) is 0 Å². The Bertz CT molecular complexity index is 734. The predicted octanol–water partition coefficient (Wildman–Crippen LogP) is 2.86. The summed E-state index contributed by atoms with van der Waals surface area (Å²) < 4.78 is 1.65. The molecule has 6 heteroatoms. The summed E-state index contributed by atoms with van der Waals surface area (Å²) in [7, 11) is 1.81. The molecule has 0 saturated carbocycles. The van der Waals surface area contributed by atoms with Gasteiger partial charge in [0.05, 0.1) is 10.6 Å². The average Bonchev–Trinajstić information content (AvgIpc) is 2.95. The van der Waals surface area contributed by atoms with E-state index in [1.54, 1.807) is 10.9 Å². The molecular weight excluding hydrogens is 324 g/mol. The molecule has 3 rings (SSSR count). The van der Waals surface area contributed by atoms with Gasteiger partial charge in [-0.3, -0.25) is 9.48 Å². The highest BCUT2D eigenvalue weighted by atomic mass is 35.5. The second kappa shape index (κ2) is 6.95. The van der Waals surface area contributed by atoms with Crippen LogP contribution in [0.2, 0.25) is 5.02 Å². The molecule has 0 spiro atoms. The first-order chi connectivity index (χ1) is 11.5. The molecule has 0 bridgehead atoms. The maximum atomic E-state index is 12.7. The summed E-state index contributed by atoms with van der Waals surface area (Å²) in [5.74, 6) is -0.0993. The maximum Gasteiger partial charge on any atom is 0.255 e. The second-order valence-corrected chi connectivity index (χ2v) is 7.20. The monoisotopic (exact) mass is 346 g/mol. The number of nitrogens with one attached hydrogen (secondary N) is 2. The third-order valence-electron chi connectivity index (χ3n) is 4.69. The van der Waals surface area contributed by atoms with Crippen LogP contribution < -0.4 is 10.6 Å². The van der Waals surface area contributed by atoms with Crippen molar-refractivity contribution in [2.75, 3.05) is 19.6 Å². The number of piperidine rings is 1. The first-order valence-electron chi connectivity index (χ1n) is 8.26. The Morgan fingerprint density at radius 3 is 2.79 bits per heavy atom. The fourth-order valence-corrected chi connectivity index (χ4v) is 3.33. The highest BCUT2D eigenvalue weighted by Gasteiger charge is 2.28. The highest BCUT2D eigenvalue weighted by molar-refractivity contribution is 6.33. The van der Waals surface area contributed by atoms with Gasteiger partial charge in [-0.25, -0.2) is 0 Å². The van der Waals surface area contributed by atoms with Gasteiger partial charge in [-0.05, 0) is 37.4 Å². The number of amides is 1. The zero-order valence-electron chi connectivity index (χ0n) is 14.1. The van der Waals surface area contributed by atoms with E-state index in [-0.39, 0.29) is 11.3 Å². The Morgan fingerprint density at radius 1 is 1.38 bits per heavy atom. The zero-order valence-corrected chi connectivity index (χ0v) is 14.9. The van der Waals surface area contributed by atoms with Crippen molar-refractivity contribution >= 4 is 17.5 Å². The van der Waals surface area contributed by atoms with Crippen molar-refractivity contribution in [3.63, 3.8) is 0 Å². The normalized spacial score (nSPS) is 16.8. The van der Waals surface area contributed by atoms with Crippen molar-refractivity contribution < 1.29 is 4.79 Å². The van der Waals surface area contributed by atoms with E-state index < -0.39 is 0 Å². The van der Waals surface area contributed by atoms with Gasteiger partial charge in [0.15, 0.2) is 0 Å². The standard InChI is InChI=1S/C18H23ClN4O/c1-18(7-9-20-10-8-18)12-21-17(24)14-11-23(2)22-16(14)13-5-3-4-6-15(13)19/h3-6,11,20H,7-10,12H2,1-2H3,(H,21,24). The van der Waals surface area contributed by atoms with Crippen molar-refractivity contribution in [3.05, 3.63) is 41.0 Å². The quantitative estimate of drug-likeness (QED) is 0.895. The van der Waals surface area contributed by atoms with E-state index in [0.29, 0.717) is 22.8 Å². The van der Waals surface area contributed by atoms with Gasteiger partial charge >= 0.3 is 0 Å². The van der Waals surface area contributed by atoms with Gasteiger partial charge in [0.1, 0.15) is 5.69 Å². The molecule has 1 amide bonds. The van der Waals surface area contributed by atoms with Crippen LogP contribution in [0.15, 0.2) is 30.5 Å². The molecule has 1 aromatic carbocycles. The molecule has 1 aliphatic heterocycles. The predicted molar refractivity (Wildman–Crippen MR) is 96.2 cm³/mol. The minimum absolute atomic E-state index is 0.0993. The topological polar surface area (TPSA) is 59.0 Å². The van der Waals surface area contributed by atoms with Gasteiger partial charge in [0, 0.05) is 25.4 Å². The summed E-state index contributed by atoms with van der Waals surface area (Å²) in [6.07, 6.45) is 3.88. The first-order valence-corrected chi connectivity index (χ1v) is 8.64. The lowest BCUT2D eigenvalue weighted by atomic mass is 9.81. The van der Waals surface area contributed by atoms with Crippen LogP contribution in [0, 0.1) is 5.41 Å². The van der Waals surface area contributed by atoms with Crippen molar-refractivity contribution in [1.29, 1.82) is 0 Å². The minimum Gasteiger partial charge on any atom is -0.351 e. The van der Waals surface area contributed by atoms with Crippen LogP contribution in [0.4, 0.5) is 0 Å². The van der Waals surface area contributed by atoms with Crippen LogP contribution in [0.1, 0.15) is 30.1 Å². The molecular formula is C18H23ClN4O. The van der Waals surface area contributed by atoms with Crippen LogP contribution >= 0.6 is 11.6 Å². The SMILES string of the molecule is Cn1cc(C(=O)NCC2(C)CCNCC2)c(-c2ccccc2Cl)n1. The summed E-state index contributed by atoms with van der Waals surface area (Å²) in [5, 5.41) is 11.5. The number of carbonyl (C=O) groups is 1. The fraction of sp³-hybridized carbons (Fsp3) is 0.444. The van der Waals surface area contributed by atoms with E-state index in [9.17, 15) is 4.79 Å². The Kier molecular flexibility index (Phi) is 4.92. The molecule has 2 N–H and O–H groups in total. The van der Waals surface area contributed by atoms with Crippen LogP contribution in [-0.4, -0.2) is 35.3 Å². The third-order valence-corrected chi connectivity index (χ3v) is 5.02. The van der Waals surface area contributed by atoms with Gasteiger partial charge in [-0.15, -0.1) is 0 Å². The Labute approximate surface area is 147 Å². The van der Waals surface area contributed by atoms with Crippen molar-refractivity contribution in [2.45, 2.75) is 19.8 Å². The molecule has 1 saturated heterocycles. The molecule has 2 aromatic rings. The van der Waals surface area contributed by atoms with E-state index in [1.807, 2.05) is 31.3 Å². The third kappa shape index (κ3) is 3.62. The molecule has 0 atom stereocenters. The molecule has 2 heterocycles. The molecule has 0 aliphatic carbocycles. The van der Waals surface area contributed by atoms with Crippen molar-refractivity contribution in [3.8, 4) is 11.3 Å². The number of carbonyl (C=O) groups excluding carboxylic acids is 1. The first kappa shape index (κ1) is 17.0. The van der Waals surface area contributed by atoms with Gasteiger partial charge in [0.2, 0.25) is 0 Å². The molecule has 0 unspecified atom stereocenters. The van der Waals surface area contributed by atoms with E-state index in [4.69, 9.17) is 11.6 Å². The smallest absolute Gasteiger partial charge is 0.255 e. The maximum absolute atomic E-state index is 12.7. The molecule has 1 aliphatic rings. The molecule has 128 valence electrons. The number of hydrogen-bond acceptors (Lipinski definition) is 3. The van der Waals surface area contributed by atoms with Crippen LogP contribution in [0.25, 0.3) is 11.3 Å². The number of aryl methyl sites for hydroxylation is 1. The van der Waals surface area contributed by atoms with E-state index >= 15 is 0 Å². The van der Waals surface area contributed by atoms with Crippen LogP contribution in [-0.2, 0) is 7.05 Å². The van der Waals surface area contributed by atoms with Gasteiger partial charge in [-0.1, -0.05) is 36.7 Å². The van der Waals surface area contributed by atoms with Gasteiger partial charge < -0.3 is 10.6 Å². The number of aromatic nitrogens is 2. The molecule has 0 radical (unpaired) electrons. The fourth-order valence-electron chi connectivity index (χ4n) is 3.10. The van der Waals surface area contributed by atoms with Crippen molar-refractivity contribution in [1.82, 2.24) is 20.4 Å². The highest BCUT2D eigenvalue weighted by Crippen LogP contribution is 2.30. The Hall–Kier alpha value is -1.85. The summed E-state index contributed by atoms with van der Waals surface area (Å²) in [6, 6.07) is 7.46. The molecule has 5 nitrogen and oxygen atoms in total. The summed E-state index contributed by atoms with van der Waals surface area (Å²) >= 11 is 6.28. The number of halogens is 1. The summed E-state index contributed by atoms with van der Waals surface area (Å²) in [5.41, 5.74) is 2.10. The largest absolute Gasteiger partial charge is 0.351 e. The lowest BCUT2D eigenvalue weighted by Gasteiger charge is -2.34. The zero-order chi connectivity index (χ0) is 17.2. The number of nitrogens with zero attached hydrogens (tertiary/aromatic N) is 2. The van der Waals surface area contributed by atoms with E-state index in [2.05, 4.69) is 22.7 Å². The van der Waals surface area contributed by atoms with Gasteiger partial charge in [0.25, 0.3) is 5.91 Å². The number of benzene rings is 1. The van der Waals surface area contributed by atoms with Crippen LogP contribution in [0.3, 0.4) is 0 Å². The van der Waals surface area contributed by atoms with E-state index in [1.165, 1.54) is 0 Å². The molecule has 1 fully saturated rings. The molecule has 24 heavy (non-hydrogen) atoms.